The molecule has 3 nitrogen and oxygen atoms in total. The maximum atomic E-state index is 12.4. The van der Waals surface area contributed by atoms with Crippen LogP contribution in [0.5, 0.6) is 0 Å². The van der Waals surface area contributed by atoms with Gasteiger partial charge in [-0.1, -0.05) is 0 Å². The van der Waals surface area contributed by atoms with Crippen LogP contribution in [0.3, 0.4) is 0 Å². The minimum absolute atomic E-state index is 0.193. The average Bonchev–Trinajstić information content (AvgIpc) is 2.25. The highest BCUT2D eigenvalue weighted by molar-refractivity contribution is 5.75. The van der Waals surface area contributed by atoms with Gasteiger partial charge in [-0.25, -0.2) is 13.8 Å². The normalized spacial score (nSPS) is 11.4. The monoisotopic (exact) mass is 250 g/mol. The van der Waals surface area contributed by atoms with E-state index in [0.717, 1.165) is 0 Å². The van der Waals surface area contributed by atoms with Crippen molar-refractivity contribution in [2.24, 2.45) is 0 Å². The minimum Gasteiger partial charge on any atom is -0.296 e. The summed E-state index contributed by atoms with van der Waals surface area (Å²) in [5.41, 5.74) is -4.71. The molecule has 0 bridgehead atoms. The second kappa shape index (κ2) is 4.45. The van der Waals surface area contributed by atoms with E-state index in [9.17, 15) is 26.7 Å². The number of hydrogen-bond acceptors (Lipinski definition) is 3. The lowest BCUT2D eigenvalue weighted by molar-refractivity contribution is -0.138. The van der Waals surface area contributed by atoms with Crippen molar-refractivity contribution in [3.8, 4) is 6.07 Å². The van der Waals surface area contributed by atoms with E-state index in [2.05, 4.69) is 4.98 Å². The van der Waals surface area contributed by atoms with Gasteiger partial charge >= 0.3 is 6.18 Å². The molecule has 0 unspecified atom stereocenters. The van der Waals surface area contributed by atoms with Crippen molar-refractivity contribution >= 4 is 6.29 Å². The topological polar surface area (TPSA) is 53.8 Å². The summed E-state index contributed by atoms with van der Waals surface area (Å²) in [6.07, 6.45) is -8.45. The van der Waals surface area contributed by atoms with Crippen LogP contribution in [0.4, 0.5) is 22.0 Å². The van der Waals surface area contributed by atoms with Gasteiger partial charge in [0, 0.05) is 0 Å². The fourth-order valence-electron chi connectivity index (χ4n) is 1.12. The summed E-state index contributed by atoms with van der Waals surface area (Å²) in [7, 11) is 0. The Morgan fingerprint density at radius 1 is 1.41 bits per heavy atom. The number of carbonyl (C=O) groups is 1. The molecular weight excluding hydrogens is 247 g/mol. The lowest BCUT2D eigenvalue weighted by atomic mass is 10.1. The Hall–Kier alpha value is -2.04. The van der Waals surface area contributed by atoms with Gasteiger partial charge in [0.2, 0.25) is 0 Å². The number of hydrogen-bond donors (Lipinski definition) is 0. The second-order valence-electron chi connectivity index (χ2n) is 2.88. The van der Waals surface area contributed by atoms with Crippen molar-refractivity contribution in [1.82, 2.24) is 4.98 Å². The molecule has 17 heavy (non-hydrogen) atoms. The minimum atomic E-state index is -4.94. The third-order valence-electron chi connectivity index (χ3n) is 1.83. The summed E-state index contributed by atoms with van der Waals surface area (Å²) in [6.45, 7) is 0. The number of aldehydes is 1. The highest BCUT2D eigenvalue weighted by atomic mass is 19.4. The molecule has 1 rings (SSSR count). The van der Waals surface area contributed by atoms with Crippen molar-refractivity contribution in [2.45, 2.75) is 12.6 Å². The molecule has 0 aliphatic rings. The summed E-state index contributed by atoms with van der Waals surface area (Å²) in [5.74, 6) is 0. The zero-order chi connectivity index (χ0) is 13.2. The first kappa shape index (κ1) is 13.0. The van der Waals surface area contributed by atoms with E-state index >= 15 is 0 Å². The zero-order valence-corrected chi connectivity index (χ0v) is 7.92. The van der Waals surface area contributed by atoms with Gasteiger partial charge in [-0.3, -0.25) is 4.79 Å². The lowest BCUT2D eigenvalue weighted by Gasteiger charge is -2.11. The number of nitrogens with zero attached hydrogens (tertiary/aromatic N) is 2. The molecule has 0 N–H and O–H groups in total. The third kappa shape index (κ3) is 2.55. The van der Waals surface area contributed by atoms with E-state index in [0.29, 0.717) is 0 Å². The molecular formula is C9H3F5N2O. The van der Waals surface area contributed by atoms with Crippen LogP contribution < -0.4 is 0 Å². The molecule has 0 fully saturated rings. The average molecular weight is 250 g/mol. The van der Waals surface area contributed by atoms with Crippen molar-refractivity contribution in [3.05, 3.63) is 28.6 Å². The standard InChI is InChI=1S/C9H3F5N2O/c10-8(11)7-4(2-15)1-5(9(12,13)14)6(3-17)16-7/h1,3,8H. The van der Waals surface area contributed by atoms with Gasteiger partial charge in [-0.15, -0.1) is 0 Å². The van der Waals surface area contributed by atoms with Gasteiger partial charge in [-0.05, 0) is 6.07 Å². The molecule has 90 valence electrons. The Bertz CT molecular complexity index is 489. The number of carbonyl (C=O) groups excluding carboxylic acids is 1. The largest absolute Gasteiger partial charge is 0.418 e. The predicted molar refractivity (Wildman–Crippen MR) is 44.3 cm³/mol. The molecule has 0 saturated carbocycles. The molecule has 0 amide bonds. The van der Waals surface area contributed by atoms with E-state index in [1.807, 2.05) is 0 Å². The number of nitriles is 1. The number of aromatic nitrogens is 1. The Balaban J connectivity index is 3.56. The van der Waals surface area contributed by atoms with Crippen molar-refractivity contribution in [1.29, 1.82) is 5.26 Å². The molecule has 8 heteroatoms. The highest BCUT2D eigenvalue weighted by Crippen LogP contribution is 2.33. The van der Waals surface area contributed by atoms with Crippen molar-refractivity contribution in [2.75, 3.05) is 0 Å². The quantitative estimate of drug-likeness (QED) is 0.599. The maximum Gasteiger partial charge on any atom is 0.418 e. The number of pyridine rings is 1. The van der Waals surface area contributed by atoms with Gasteiger partial charge in [0.25, 0.3) is 6.43 Å². The van der Waals surface area contributed by atoms with Crippen LogP contribution in [0.25, 0.3) is 0 Å². The van der Waals surface area contributed by atoms with Gasteiger partial charge < -0.3 is 0 Å². The molecule has 0 atom stereocenters. The van der Waals surface area contributed by atoms with Gasteiger partial charge in [0.05, 0.1) is 11.1 Å². The first-order chi connectivity index (χ1) is 7.81. The van der Waals surface area contributed by atoms with Crippen LogP contribution in [-0.4, -0.2) is 11.3 Å². The van der Waals surface area contributed by atoms with Crippen molar-refractivity contribution in [3.63, 3.8) is 0 Å². The lowest BCUT2D eigenvalue weighted by Crippen LogP contribution is -2.13. The molecule has 0 aliphatic carbocycles. The fraction of sp³-hybridized carbons (Fsp3) is 0.222. The van der Waals surface area contributed by atoms with E-state index in [4.69, 9.17) is 5.26 Å². The maximum absolute atomic E-state index is 12.4. The molecule has 0 radical (unpaired) electrons. The molecule has 0 saturated heterocycles. The van der Waals surface area contributed by atoms with Crippen LogP contribution in [0.1, 0.15) is 33.7 Å². The molecule has 0 spiro atoms. The van der Waals surface area contributed by atoms with Crippen LogP contribution in [0.2, 0.25) is 0 Å². The summed E-state index contributed by atoms with van der Waals surface area (Å²) >= 11 is 0. The van der Waals surface area contributed by atoms with Gasteiger partial charge in [-0.2, -0.15) is 18.4 Å². The Kier molecular flexibility index (Phi) is 3.41. The van der Waals surface area contributed by atoms with Crippen LogP contribution in [-0.2, 0) is 6.18 Å². The van der Waals surface area contributed by atoms with E-state index in [1.165, 1.54) is 6.07 Å². The van der Waals surface area contributed by atoms with E-state index < -0.39 is 35.1 Å². The zero-order valence-electron chi connectivity index (χ0n) is 7.92. The van der Waals surface area contributed by atoms with Crippen molar-refractivity contribution < 1.29 is 26.7 Å². The molecule has 1 heterocycles. The first-order valence-electron chi connectivity index (χ1n) is 4.06. The molecule has 0 aromatic carbocycles. The number of halogens is 5. The summed E-state index contributed by atoms with van der Waals surface area (Å²) in [5, 5.41) is 8.44. The second-order valence-corrected chi connectivity index (χ2v) is 2.88. The fourth-order valence-corrected chi connectivity index (χ4v) is 1.12. The number of alkyl halides is 5. The first-order valence-corrected chi connectivity index (χ1v) is 4.06. The molecule has 1 aromatic rings. The predicted octanol–water partition coefficient (Wildman–Crippen LogP) is 2.72. The summed E-state index contributed by atoms with van der Waals surface area (Å²) in [4.78, 5) is 13.2. The highest BCUT2D eigenvalue weighted by Gasteiger charge is 2.36. The molecule has 0 aliphatic heterocycles. The summed E-state index contributed by atoms with van der Waals surface area (Å²) in [6, 6.07) is 1.37. The third-order valence-corrected chi connectivity index (χ3v) is 1.83. The Morgan fingerprint density at radius 3 is 2.35 bits per heavy atom. The van der Waals surface area contributed by atoms with Crippen LogP contribution >= 0.6 is 0 Å². The number of rotatable bonds is 2. The Morgan fingerprint density at radius 2 is 2.00 bits per heavy atom. The van der Waals surface area contributed by atoms with E-state index in [1.54, 1.807) is 0 Å². The molecule has 1 aromatic heterocycles. The smallest absolute Gasteiger partial charge is 0.296 e. The van der Waals surface area contributed by atoms with Gasteiger partial charge in [0.15, 0.2) is 6.29 Å². The van der Waals surface area contributed by atoms with Crippen LogP contribution in [0, 0.1) is 11.3 Å². The van der Waals surface area contributed by atoms with Gasteiger partial charge in [0.1, 0.15) is 17.5 Å². The summed E-state index contributed by atoms with van der Waals surface area (Å²) < 4.78 is 61.9. The van der Waals surface area contributed by atoms with Crippen LogP contribution in [0.15, 0.2) is 6.07 Å². The van der Waals surface area contributed by atoms with E-state index in [-0.39, 0.29) is 12.4 Å². The SMILES string of the molecule is N#Cc1cc(C(F)(F)F)c(C=O)nc1C(F)F. The Labute approximate surface area is 91.5 Å².